The third kappa shape index (κ3) is 4.10. The summed E-state index contributed by atoms with van der Waals surface area (Å²) in [6, 6.07) is 8.24. The molecule has 2 aromatic rings. The van der Waals surface area contributed by atoms with Gasteiger partial charge in [0.2, 0.25) is 5.91 Å². The maximum absolute atomic E-state index is 12.7. The topological polar surface area (TPSA) is 58.4 Å². The predicted octanol–water partition coefficient (Wildman–Crippen LogP) is 2.50. The lowest BCUT2D eigenvalue weighted by molar-refractivity contribution is -0.133. The molecular weight excluding hydrogens is 314 g/mol. The van der Waals surface area contributed by atoms with Gasteiger partial charge in [0.15, 0.2) is 0 Å². The quantitative estimate of drug-likeness (QED) is 0.909. The standard InChI is InChI=1S/C20H27N3O2/c1-3-15-6-4-7-16(12-15)13-18(24)23-10-5-8-17(14-23)19(25)20-21-9-11-22(20)2/h4,6-7,9,11-12,17,19,25H,3,5,8,10,13-14H2,1-2H3. The van der Waals surface area contributed by atoms with Crippen LogP contribution in [0.1, 0.15) is 42.8 Å². The lowest BCUT2D eigenvalue weighted by atomic mass is 9.91. The molecule has 0 spiro atoms. The summed E-state index contributed by atoms with van der Waals surface area (Å²) >= 11 is 0. The zero-order valence-corrected chi connectivity index (χ0v) is 15.1. The molecular formula is C20H27N3O2. The molecule has 1 aromatic carbocycles. The highest BCUT2D eigenvalue weighted by molar-refractivity contribution is 5.79. The Morgan fingerprint density at radius 2 is 2.20 bits per heavy atom. The molecule has 0 aliphatic carbocycles. The number of hydrogen-bond donors (Lipinski definition) is 1. The molecule has 3 rings (SSSR count). The second-order valence-electron chi connectivity index (χ2n) is 6.93. The summed E-state index contributed by atoms with van der Waals surface area (Å²) in [7, 11) is 1.89. The van der Waals surface area contributed by atoms with Crippen LogP contribution in [0, 0.1) is 5.92 Å². The zero-order valence-electron chi connectivity index (χ0n) is 15.1. The minimum absolute atomic E-state index is 0.0424. The van der Waals surface area contributed by atoms with Crippen LogP contribution >= 0.6 is 0 Å². The molecule has 1 N–H and O–H groups in total. The molecule has 1 saturated heterocycles. The zero-order chi connectivity index (χ0) is 17.8. The van der Waals surface area contributed by atoms with E-state index < -0.39 is 6.10 Å². The highest BCUT2D eigenvalue weighted by Crippen LogP contribution is 2.29. The van der Waals surface area contributed by atoms with Gasteiger partial charge in [-0.05, 0) is 30.4 Å². The van der Waals surface area contributed by atoms with Gasteiger partial charge in [-0.25, -0.2) is 4.98 Å². The van der Waals surface area contributed by atoms with Crippen LogP contribution in [0.4, 0.5) is 0 Å². The number of aryl methyl sites for hydroxylation is 2. The molecule has 5 heteroatoms. The van der Waals surface area contributed by atoms with E-state index in [1.165, 1.54) is 5.56 Å². The Morgan fingerprint density at radius 3 is 2.92 bits per heavy atom. The number of likely N-dealkylation sites (tertiary alicyclic amines) is 1. The van der Waals surface area contributed by atoms with E-state index in [-0.39, 0.29) is 11.8 Å². The summed E-state index contributed by atoms with van der Waals surface area (Å²) < 4.78 is 1.85. The van der Waals surface area contributed by atoms with Crippen LogP contribution in [0.2, 0.25) is 0 Å². The van der Waals surface area contributed by atoms with Crippen LogP contribution in [-0.2, 0) is 24.7 Å². The number of carbonyl (C=O) groups is 1. The lowest BCUT2D eigenvalue weighted by Gasteiger charge is -2.35. The average molecular weight is 341 g/mol. The third-order valence-electron chi connectivity index (χ3n) is 5.14. The Hall–Kier alpha value is -2.14. The third-order valence-corrected chi connectivity index (χ3v) is 5.14. The van der Waals surface area contributed by atoms with E-state index in [9.17, 15) is 9.90 Å². The second kappa shape index (κ2) is 7.83. The largest absolute Gasteiger partial charge is 0.385 e. The number of nitrogens with zero attached hydrogens (tertiary/aromatic N) is 3. The maximum Gasteiger partial charge on any atom is 0.227 e. The van der Waals surface area contributed by atoms with Crippen molar-refractivity contribution in [2.75, 3.05) is 13.1 Å². The average Bonchev–Trinajstić information content (AvgIpc) is 3.07. The molecule has 1 aliphatic heterocycles. The molecule has 5 nitrogen and oxygen atoms in total. The van der Waals surface area contributed by atoms with Gasteiger partial charge in [-0.3, -0.25) is 4.79 Å². The van der Waals surface area contributed by atoms with Gasteiger partial charge in [0.1, 0.15) is 11.9 Å². The Morgan fingerprint density at radius 1 is 1.40 bits per heavy atom. The molecule has 1 fully saturated rings. The first kappa shape index (κ1) is 17.7. The van der Waals surface area contributed by atoms with E-state index in [2.05, 4.69) is 24.0 Å². The minimum Gasteiger partial charge on any atom is -0.385 e. The number of aliphatic hydroxyl groups is 1. The molecule has 134 valence electrons. The molecule has 1 aromatic heterocycles. The van der Waals surface area contributed by atoms with E-state index in [4.69, 9.17) is 0 Å². The van der Waals surface area contributed by atoms with Crippen molar-refractivity contribution < 1.29 is 9.90 Å². The number of hydrogen-bond acceptors (Lipinski definition) is 3. The first-order valence-corrected chi connectivity index (χ1v) is 9.09. The van der Waals surface area contributed by atoms with Gasteiger partial charge < -0.3 is 14.6 Å². The normalized spacial score (nSPS) is 19.0. The van der Waals surface area contributed by atoms with Crippen LogP contribution in [0.25, 0.3) is 0 Å². The smallest absolute Gasteiger partial charge is 0.227 e. The number of aliphatic hydroxyl groups excluding tert-OH is 1. The van der Waals surface area contributed by atoms with Crippen molar-refractivity contribution in [3.05, 3.63) is 53.6 Å². The van der Waals surface area contributed by atoms with Crippen molar-refractivity contribution in [1.29, 1.82) is 0 Å². The van der Waals surface area contributed by atoms with Crippen LogP contribution in [0.5, 0.6) is 0 Å². The SMILES string of the molecule is CCc1cccc(CC(=O)N2CCCC(C(O)c3nccn3C)C2)c1. The van der Waals surface area contributed by atoms with E-state index in [1.807, 2.05) is 34.8 Å². The summed E-state index contributed by atoms with van der Waals surface area (Å²) in [5.74, 6) is 0.862. The van der Waals surface area contributed by atoms with Crippen molar-refractivity contribution in [3.8, 4) is 0 Å². The molecule has 1 amide bonds. The molecule has 0 bridgehead atoms. The first-order valence-electron chi connectivity index (χ1n) is 9.09. The number of carbonyl (C=O) groups excluding carboxylic acids is 1. The van der Waals surface area contributed by atoms with Crippen molar-refractivity contribution in [1.82, 2.24) is 14.5 Å². The second-order valence-corrected chi connectivity index (χ2v) is 6.93. The van der Waals surface area contributed by atoms with Crippen LogP contribution in [0.3, 0.4) is 0 Å². The fraction of sp³-hybridized carbons (Fsp3) is 0.500. The molecule has 1 aliphatic rings. The molecule has 25 heavy (non-hydrogen) atoms. The Balaban J connectivity index is 1.64. The van der Waals surface area contributed by atoms with Gasteiger partial charge in [-0.15, -0.1) is 0 Å². The van der Waals surface area contributed by atoms with Gasteiger partial charge in [-0.2, -0.15) is 0 Å². The number of piperidine rings is 1. The van der Waals surface area contributed by atoms with Gasteiger partial charge in [0.25, 0.3) is 0 Å². The van der Waals surface area contributed by atoms with Crippen LogP contribution < -0.4 is 0 Å². The molecule has 2 unspecified atom stereocenters. The summed E-state index contributed by atoms with van der Waals surface area (Å²) in [6.07, 6.45) is 6.16. The maximum atomic E-state index is 12.7. The molecule has 0 saturated carbocycles. The highest BCUT2D eigenvalue weighted by Gasteiger charge is 2.31. The van der Waals surface area contributed by atoms with E-state index in [0.717, 1.165) is 31.4 Å². The summed E-state index contributed by atoms with van der Waals surface area (Å²) in [6.45, 7) is 3.49. The molecule has 2 heterocycles. The highest BCUT2D eigenvalue weighted by atomic mass is 16.3. The van der Waals surface area contributed by atoms with Gasteiger partial charge in [0.05, 0.1) is 6.42 Å². The van der Waals surface area contributed by atoms with E-state index in [0.29, 0.717) is 18.8 Å². The van der Waals surface area contributed by atoms with E-state index in [1.54, 1.807) is 6.20 Å². The van der Waals surface area contributed by atoms with Gasteiger partial charge >= 0.3 is 0 Å². The van der Waals surface area contributed by atoms with E-state index >= 15 is 0 Å². The fourth-order valence-corrected chi connectivity index (χ4v) is 3.61. The number of benzene rings is 1. The number of aromatic nitrogens is 2. The number of amides is 1. The van der Waals surface area contributed by atoms with Gasteiger partial charge in [-0.1, -0.05) is 31.2 Å². The number of imidazole rings is 1. The van der Waals surface area contributed by atoms with Crippen molar-refractivity contribution >= 4 is 5.91 Å². The summed E-state index contributed by atoms with van der Waals surface area (Å²) in [5, 5.41) is 10.7. The van der Waals surface area contributed by atoms with Crippen molar-refractivity contribution in [2.24, 2.45) is 13.0 Å². The summed E-state index contributed by atoms with van der Waals surface area (Å²) in [4.78, 5) is 18.9. The number of rotatable bonds is 5. The minimum atomic E-state index is -0.626. The Labute approximate surface area is 149 Å². The fourth-order valence-electron chi connectivity index (χ4n) is 3.61. The summed E-state index contributed by atoms with van der Waals surface area (Å²) in [5.41, 5.74) is 2.32. The van der Waals surface area contributed by atoms with Crippen LogP contribution in [-0.4, -0.2) is 38.6 Å². The molecule has 2 atom stereocenters. The van der Waals surface area contributed by atoms with Crippen molar-refractivity contribution in [3.63, 3.8) is 0 Å². The van der Waals surface area contributed by atoms with Gasteiger partial charge in [0, 0.05) is 38.4 Å². The van der Waals surface area contributed by atoms with Crippen LogP contribution in [0.15, 0.2) is 36.7 Å². The first-order chi connectivity index (χ1) is 12.1. The predicted molar refractivity (Wildman–Crippen MR) is 97.0 cm³/mol. The lowest BCUT2D eigenvalue weighted by Crippen LogP contribution is -2.42. The Kier molecular flexibility index (Phi) is 5.53. The monoisotopic (exact) mass is 341 g/mol. The van der Waals surface area contributed by atoms with Crippen molar-refractivity contribution in [2.45, 2.75) is 38.7 Å². The molecule has 0 radical (unpaired) electrons. The Bertz CT molecular complexity index is 725.